The third kappa shape index (κ3) is 3.72. The van der Waals surface area contributed by atoms with E-state index in [-0.39, 0.29) is 17.8 Å². The van der Waals surface area contributed by atoms with Gasteiger partial charge in [-0.05, 0) is 0 Å². The first kappa shape index (κ1) is 15.7. The summed E-state index contributed by atoms with van der Waals surface area (Å²) in [5, 5.41) is 11.6. The molecule has 22 heavy (non-hydrogen) atoms. The molecule has 118 valence electrons. The van der Waals surface area contributed by atoms with Gasteiger partial charge in [0.25, 0.3) is 5.56 Å². The number of oxazole rings is 1. The molecule has 2 aromatic rings. The van der Waals surface area contributed by atoms with Gasteiger partial charge in [-0.1, -0.05) is 20.8 Å². The number of nitrogens with one attached hydrogen (secondary N) is 1. The van der Waals surface area contributed by atoms with Crippen LogP contribution in [0, 0.1) is 0 Å². The zero-order chi connectivity index (χ0) is 16.3. The van der Waals surface area contributed by atoms with Crippen LogP contribution in [0.3, 0.4) is 0 Å². The van der Waals surface area contributed by atoms with Crippen molar-refractivity contribution < 1.29 is 14.3 Å². The molecule has 0 spiro atoms. The molecule has 0 bridgehead atoms. The number of carboxylic acids is 1. The van der Waals surface area contributed by atoms with Crippen molar-refractivity contribution >= 4 is 11.8 Å². The van der Waals surface area contributed by atoms with Crippen molar-refractivity contribution in [2.45, 2.75) is 39.3 Å². The molecular formula is C14H18N4O4. The standard InChI is InChI=1S/C14H18N4O4/c1-14(2,3)9-6-16-10(22-9)7-17-12-13(21)18(5-4-15-12)8-11(19)20/h4-6H,7-8H2,1-3H3,(H,15,17)(H,19,20). The maximum Gasteiger partial charge on any atom is 0.323 e. The minimum Gasteiger partial charge on any atom is -0.480 e. The van der Waals surface area contributed by atoms with E-state index in [0.717, 1.165) is 10.3 Å². The predicted molar refractivity (Wildman–Crippen MR) is 78.7 cm³/mol. The van der Waals surface area contributed by atoms with E-state index in [0.29, 0.717) is 5.89 Å². The minimum atomic E-state index is -1.10. The molecule has 0 aliphatic rings. The van der Waals surface area contributed by atoms with Crippen molar-refractivity contribution in [3.63, 3.8) is 0 Å². The Kier molecular flexibility index (Phi) is 4.30. The summed E-state index contributed by atoms with van der Waals surface area (Å²) in [4.78, 5) is 30.7. The number of aromatic nitrogens is 3. The molecule has 0 amide bonds. The third-order valence-electron chi connectivity index (χ3n) is 2.92. The molecule has 0 radical (unpaired) electrons. The van der Waals surface area contributed by atoms with Crippen LogP contribution < -0.4 is 10.9 Å². The smallest absolute Gasteiger partial charge is 0.323 e. The molecule has 0 unspecified atom stereocenters. The fraction of sp³-hybridized carbons (Fsp3) is 0.429. The molecule has 8 nitrogen and oxygen atoms in total. The maximum atomic E-state index is 12.0. The highest BCUT2D eigenvalue weighted by Gasteiger charge is 2.19. The second-order valence-corrected chi connectivity index (χ2v) is 5.82. The number of hydrogen-bond donors (Lipinski definition) is 2. The first-order valence-corrected chi connectivity index (χ1v) is 6.73. The van der Waals surface area contributed by atoms with E-state index in [1.54, 1.807) is 6.20 Å². The van der Waals surface area contributed by atoms with Gasteiger partial charge in [-0.3, -0.25) is 14.2 Å². The van der Waals surface area contributed by atoms with E-state index in [1.165, 1.54) is 12.4 Å². The van der Waals surface area contributed by atoms with Crippen LogP contribution in [-0.4, -0.2) is 25.6 Å². The van der Waals surface area contributed by atoms with Crippen LogP contribution in [0.2, 0.25) is 0 Å². The Morgan fingerprint density at radius 2 is 2.14 bits per heavy atom. The number of aliphatic carboxylic acids is 1. The predicted octanol–water partition coefficient (Wildman–Crippen LogP) is 1.23. The molecule has 0 aliphatic carbocycles. The molecule has 2 heterocycles. The van der Waals surface area contributed by atoms with E-state index in [9.17, 15) is 9.59 Å². The van der Waals surface area contributed by atoms with Crippen molar-refractivity contribution in [3.8, 4) is 0 Å². The fourth-order valence-electron chi connectivity index (χ4n) is 1.74. The Morgan fingerprint density at radius 3 is 2.73 bits per heavy atom. The molecule has 0 saturated heterocycles. The van der Waals surface area contributed by atoms with Gasteiger partial charge in [0, 0.05) is 17.8 Å². The summed E-state index contributed by atoms with van der Waals surface area (Å²) in [7, 11) is 0. The zero-order valence-electron chi connectivity index (χ0n) is 12.7. The van der Waals surface area contributed by atoms with E-state index < -0.39 is 18.1 Å². The maximum absolute atomic E-state index is 12.0. The lowest BCUT2D eigenvalue weighted by Gasteiger charge is -2.13. The second-order valence-electron chi connectivity index (χ2n) is 5.82. The Balaban J connectivity index is 2.10. The van der Waals surface area contributed by atoms with Gasteiger partial charge in [0.2, 0.25) is 5.89 Å². The van der Waals surface area contributed by atoms with Crippen LogP contribution in [0.25, 0.3) is 0 Å². The summed E-state index contributed by atoms with van der Waals surface area (Å²) in [6, 6.07) is 0. The molecule has 0 saturated carbocycles. The highest BCUT2D eigenvalue weighted by atomic mass is 16.4. The van der Waals surface area contributed by atoms with Gasteiger partial charge in [0.15, 0.2) is 5.82 Å². The van der Waals surface area contributed by atoms with Gasteiger partial charge >= 0.3 is 5.97 Å². The van der Waals surface area contributed by atoms with Crippen molar-refractivity contribution in [2.24, 2.45) is 0 Å². The highest BCUT2D eigenvalue weighted by Crippen LogP contribution is 2.22. The van der Waals surface area contributed by atoms with E-state index in [1.807, 2.05) is 20.8 Å². The number of rotatable bonds is 5. The van der Waals surface area contributed by atoms with E-state index in [4.69, 9.17) is 9.52 Å². The third-order valence-corrected chi connectivity index (χ3v) is 2.92. The van der Waals surface area contributed by atoms with Crippen LogP contribution in [-0.2, 0) is 23.3 Å². The monoisotopic (exact) mass is 306 g/mol. The molecule has 2 aromatic heterocycles. The minimum absolute atomic E-state index is 0.0549. The van der Waals surface area contributed by atoms with Crippen molar-refractivity contribution in [1.82, 2.24) is 14.5 Å². The van der Waals surface area contributed by atoms with E-state index >= 15 is 0 Å². The lowest BCUT2D eigenvalue weighted by Crippen LogP contribution is -2.27. The van der Waals surface area contributed by atoms with Crippen LogP contribution in [0.1, 0.15) is 32.4 Å². The summed E-state index contributed by atoms with van der Waals surface area (Å²) in [6.45, 7) is 5.80. The summed E-state index contributed by atoms with van der Waals surface area (Å²) in [5.74, 6) is 0.134. The van der Waals surface area contributed by atoms with Crippen molar-refractivity contribution in [1.29, 1.82) is 0 Å². The van der Waals surface area contributed by atoms with Gasteiger partial charge in [0.05, 0.1) is 12.7 Å². The van der Waals surface area contributed by atoms with E-state index in [2.05, 4.69) is 15.3 Å². The number of carboxylic acid groups (broad SMARTS) is 1. The number of hydrogen-bond acceptors (Lipinski definition) is 6. The quantitative estimate of drug-likeness (QED) is 0.854. The molecule has 0 aliphatic heterocycles. The molecule has 0 aromatic carbocycles. The summed E-state index contributed by atoms with van der Waals surface area (Å²) in [5.41, 5.74) is -0.655. The molecule has 8 heteroatoms. The lowest BCUT2D eigenvalue weighted by atomic mass is 9.94. The summed E-state index contributed by atoms with van der Waals surface area (Å²) < 4.78 is 6.66. The molecule has 0 atom stereocenters. The molecule has 0 fully saturated rings. The van der Waals surface area contributed by atoms with Gasteiger partial charge in [-0.2, -0.15) is 0 Å². The highest BCUT2D eigenvalue weighted by molar-refractivity contribution is 5.66. The van der Waals surface area contributed by atoms with Crippen molar-refractivity contribution in [2.75, 3.05) is 5.32 Å². The first-order chi connectivity index (χ1) is 10.3. The Morgan fingerprint density at radius 1 is 1.41 bits per heavy atom. The largest absolute Gasteiger partial charge is 0.480 e. The second kappa shape index (κ2) is 6.00. The Hall–Kier alpha value is -2.64. The normalized spacial score (nSPS) is 11.4. The van der Waals surface area contributed by atoms with Gasteiger partial charge in [0.1, 0.15) is 12.3 Å². The van der Waals surface area contributed by atoms with Crippen LogP contribution in [0.4, 0.5) is 5.82 Å². The lowest BCUT2D eigenvalue weighted by molar-refractivity contribution is -0.137. The van der Waals surface area contributed by atoms with Crippen LogP contribution in [0.15, 0.2) is 27.8 Å². The number of nitrogens with zero attached hydrogens (tertiary/aromatic N) is 3. The molecule has 2 rings (SSSR count). The van der Waals surface area contributed by atoms with Gasteiger partial charge < -0.3 is 14.8 Å². The van der Waals surface area contributed by atoms with Gasteiger partial charge in [-0.25, -0.2) is 9.97 Å². The summed E-state index contributed by atoms with van der Waals surface area (Å²) >= 11 is 0. The number of anilines is 1. The Labute approximate surface area is 126 Å². The summed E-state index contributed by atoms with van der Waals surface area (Å²) in [6.07, 6.45) is 4.34. The SMILES string of the molecule is CC(C)(C)c1cnc(CNc2nccn(CC(=O)O)c2=O)o1. The first-order valence-electron chi connectivity index (χ1n) is 6.73. The average molecular weight is 306 g/mol. The zero-order valence-corrected chi connectivity index (χ0v) is 12.7. The van der Waals surface area contributed by atoms with Crippen LogP contribution >= 0.6 is 0 Å². The number of carbonyl (C=O) groups is 1. The van der Waals surface area contributed by atoms with Gasteiger partial charge in [-0.15, -0.1) is 0 Å². The fourth-order valence-corrected chi connectivity index (χ4v) is 1.74. The average Bonchev–Trinajstić information content (AvgIpc) is 2.88. The topological polar surface area (TPSA) is 110 Å². The molecular weight excluding hydrogens is 288 g/mol. The Bertz CT molecular complexity index is 727. The van der Waals surface area contributed by atoms with Crippen LogP contribution in [0.5, 0.6) is 0 Å². The van der Waals surface area contributed by atoms with Crippen molar-refractivity contribution in [3.05, 3.63) is 40.6 Å². The molecule has 2 N–H and O–H groups in total.